The van der Waals surface area contributed by atoms with Crippen molar-refractivity contribution in [2.45, 2.75) is 33.4 Å². The zero-order chi connectivity index (χ0) is 20.3. The van der Waals surface area contributed by atoms with Crippen LogP contribution in [0, 0.1) is 5.82 Å². The van der Waals surface area contributed by atoms with Crippen LogP contribution in [-0.4, -0.2) is 23.7 Å². The van der Waals surface area contributed by atoms with Gasteiger partial charge in [-0.2, -0.15) is 0 Å². The van der Waals surface area contributed by atoms with Crippen molar-refractivity contribution in [3.05, 3.63) is 69.3 Å². The van der Waals surface area contributed by atoms with Crippen molar-refractivity contribution >= 4 is 11.0 Å². The molecule has 0 fully saturated rings. The van der Waals surface area contributed by atoms with Gasteiger partial charge >= 0.3 is 5.63 Å². The Balaban J connectivity index is 1.93. The van der Waals surface area contributed by atoms with Gasteiger partial charge in [-0.05, 0) is 47.9 Å². The normalized spacial score (nSPS) is 11.3. The van der Waals surface area contributed by atoms with Crippen molar-refractivity contribution in [3.63, 3.8) is 0 Å². The monoisotopic (exact) mass is 385 g/mol. The summed E-state index contributed by atoms with van der Waals surface area (Å²) in [6, 6.07) is 9.75. The summed E-state index contributed by atoms with van der Waals surface area (Å²) in [6.45, 7) is 5.71. The predicted octanol–water partition coefficient (Wildman–Crippen LogP) is 4.23. The van der Waals surface area contributed by atoms with Gasteiger partial charge in [0.1, 0.15) is 11.3 Å². The molecule has 0 spiro atoms. The van der Waals surface area contributed by atoms with Gasteiger partial charge in [-0.1, -0.05) is 19.9 Å². The van der Waals surface area contributed by atoms with Crippen molar-refractivity contribution in [1.29, 1.82) is 0 Å². The van der Waals surface area contributed by atoms with Crippen LogP contribution >= 0.6 is 0 Å². The third-order valence-corrected chi connectivity index (χ3v) is 4.87. The maximum absolute atomic E-state index is 14.0. The number of halogens is 1. The first-order valence-electron chi connectivity index (χ1n) is 9.28. The maximum atomic E-state index is 14.0. The Morgan fingerprint density at radius 2 is 1.89 bits per heavy atom. The van der Waals surface area contributed by atoms with E-state index in [1.54, 1.807) is 6.07 Å². The molecule has 0 bridgehead atoms. The first-order chi connectivity index (χ1) is 13.4. The second-order valence-electron chi connectivity index (χ2n) is 6.69. The van der Waals surface area contributed by atoms with Crippen LogP contribution in [-0.2, 0) is 19.5 Å². The summed E-state index contributed by atoms with van der Waals surface area (Å²) in [4.78, 5) is 14.1. The molecule has 0 amide bonds. The van der Waals surface area contributed by atoms with Gasteiger partial charge in [-0.15, -0.1) is 0 Å². The molecule has 0 unspecified atom stereocenters. The van der Waals surface area contributed by atoms with Crippen LogP contribution in [0.2, 0.25) is 0 Å². The molecule has 5 nitrogen and oxygen atoms in total. The Morgan fingerprint density at radius 1 is 1.11 bits per heavy atom. The number of aryl methyl sites for hydroxylation is 1. The number of ether oxygens (including phenoxy) is 1. The van der Waals surface area contributed by atoms with Gasteiger partial charge in [0.05, 0.1) is 7.11 Å². The summed E-state index contributed by atoms with van der Waals surface area (Å²) in [5.41, 5.74) is 2.33. The lowest BCUT2D eigenvalue weighted by Gasteiger charge is -2.21. The van der Waals surface area contributed by atoms with E-state index in [-0.39, 0.29) is 11.5 Å². The van der Waals surface area contributed by atoms with E-state index >= 15 is 0 Å². The molecule has 0 saturated heterocycles. The fourth-order valence-corrected chi connectivity index (χ4v) is 3.31. The van der Waals surface area contributed by atoms with Gasteiger partial charge in [0, 0.05) is 30.6 Å². The number of hydrogen-bond donors (Lipinski definition) is 1. The van der Waals surface area contributed by atoms with E-state index in [1.165, 1.54) is 25.3 Å². The molecule has 0 atom stereocenters. The highest BCUT2D eigenvalue weighted by Crippen LogP contribution is 2.28. The number of nitrogens with zero attached hydrogens (tertiary/aromatic N) is 1. The lowest BCUT2D eigenvalue weighted by atomic mass is 10.0. The summed E-state index contributed by atoms with van der Waals surface area (Å²) >= 11 is 0. The fraction of sp³-hybridized carbons (Fsp3) is 0.318. The summed E-state index contributed by atoms with van der Waals surface area (Å²) in [7, 11) is 1.44. The minimum atomic E-state index is -0.460. The van der Waals surface area contributed by atoms with Gasteiger partial charge in [-0.25, -0.2) is 9.18 Å². The van der Waals surface area contributed by atoms with Crippen LogP contribution in [0.25, 0.3) is 11.0 Å². The fourth-order valence-electron chi connectivity index (χ4n) is 3.31. The second kappa shape index (κ2) is 8.44. The summed E-state index contributed by atoms with van der Waals surface area (Å²) in [5, 5.41) is 10.9. The van der Waals surface area contributed by atoms with Crippen LogP contribution in [0.1, 0.15) is 30.5 Å². The molecular formula is C22H24FNO4. The second-order valence-corrected chi connectivity index (χ2v) is 6.69. The van der Waals surface area contributed by atoms with E-state index in [2.05, 4.69) is 4.90 Å². The molecule has 28 heavy (non-hydrogen) atoms. The lowest BCUT2D eigenvalue weighted by Crippen LogP contribution is -2.23. The minimum absolute atomic E-state index is 0.122. The van der Waals surface area contributed by atoms with Crippen molar-refractivity contribution in [2.24, 2.45) is 0 Å². The molecular weight excluding hydrogens is 361 g/mol. The molecule has 0 radical (unpaired) electrons. The van der Waals surface area contributed by atoms with Crippen LogP contribution in [0.5, 0.6) is 11.5 Å². The number of rotatable bonds is 7. The number of methoxy groups -OCH3 is 1. The largest absolute Gasteiger partial charge is 0.508 e. The highest BCUT2D eigenvalue weighted by atomic mass is 19.1. The van der Waals surface area contributed by atoms with E-state index in [9.17, 15) is 14.3 Å². The summed E-state index contributed by atoms with van der Waals surface area (Å²) in [6.07, 6.45) is 0.670. The van der Waals surface area contributed by atoms with Crippen LogP contribution in [0.4, 0.5) is 4.39 Å². The molecule has 3 aromatic rings. The Bertz CT molecular complexity index is 1040. The average molecular weight is 385 g/mol. The first kappa shape index (κ1) is 19.9. The van der Waals surface area contributed by atoms with Crippen molar-refractivity contribution in [1.82, 2.24) is 4.90 Å². The Kier molecular flexibility index (Phi) is 5.99. The molecule has 6 heteroatoms. The van der Waals surface area contributed by atoms with Crippen molar-refractivity contribution < 1.29 is 18.7 Å². The number of phenolic OH excluding ortho intramolecular Hbond substituents is 1. The zero-order valence-corrected chi connectivity index (χ0v) is 16.3. The molecule has 1 aromatic heterocycles. The molecule has 1 N–H and O–H groups in total. The van der Waals surface area contributed by atoms with Gasteiger partial charge in [0.15, 0.2) is 11.6 Å². The van der Waals surface area contributed by atoms with E-state index in [0.717, 1.165) is 22.1 Å². The number of fused-ring (bicyclic) bond motifs is 1. The third-order valence-electron chi connectivity index (χ3n) is 4.87. The van der Waals surface area contributed by atoms with E-state index < -0.39 is 11.4 Å². The average Bonchev–Trinajstić information content (AvgIpc) is 2.67. The summed E-state index contributed by atoms with van der Waals surface area (Å²) in [5.74, 6) is -0.0633. The number of phenols is 1. The third kappa shape index (κ3) is 4.17. The zero-order valence-electron chi connectivity index (χ0n) is 16.3. The van der Waals surface area contributed by atoms with Crippen LogP contribution < -0.4 is 10.4 Å². The summed E-state index contributed by atoms with van der Waals surface area (Å²) < 4.78 is 24.2. The maximum Gasteiger partial charge on any atom is 0.336 e. The smallest absolute Gasteiger partial charge is 0.336 e. The van der Waals surface area contributed by atoms with Gasteiger partial charge < -0.3 is 14.3 Å². The molecule has 0 saturated carbocycles. The first-order valence-corrected chi connectivity index (χ1v) is 9.28. The highest BCUT2D eigenvalue weighted by Gasteiger charge is 2.14. The topological polar surface area (TPSA) is 62.9 Å². The van der Waals surface area contributed by atoms with E-state index in [0.29, 0.717) is 31.6 Å². The highest BCUT2D eigenvalue weighted by molar-refractivity contribution is 5.82. The Morgan fingerprint density at radius 3 is 2.54 bits per heavy atom. The standard InChI is InChI=1S/C22H24FNO4/c1-4-15-9-17-16(10-22(26)28-21(17)11-19(15)25)13-24(5-2)12-14-6-7-20(27-3)18(23)8-14/h6-11,25H,4-5,12-13H2,1-3H3. The van der Waals surface area contributed by atoms with Crippen LogP contribution in [0.3, 0.4) is 0 Å². The molecule has 0 aliphatic rings. The number of benzene rings is 2. The van der Waals surface area contributed by atoms with E-state index in [4.69, 9.17) is 9.15 Å². The van der Waals surface area contributed by atoms with E-state index in [1.807, 2.05) is 26.0 Å². The number of hydrogen-bond acceptors (Lipinski definition) is 5. The van der Waals surface area contributed by atoms with Gasteiger partial charge in [0.25, 0.3) is 0 Å². The number of aromatic hydroxyl groups is 1. The Hall–Kier alpha value is -2.86. The Labute approximate surface area is 163 Å². The minimum Gasteiger partial charge on any atom is -0.508 e. The van der Waals surface area contributed by atoms with Gasteiger partial charge in [-0.3, -0.25) is 4.90 Å². The molecule has 2 aromatic carbocycles. The lowest BCUT2D eigenvalue weighted by molar-refractivity contribution is 0.271. The molecule has 0 aliphatic heterocycles. The van der Waals surface area contributed by atoms with Crippen LogP contribution in [0.15, 0.2) is 45.6 Å². The molecule has 148 valence electrons. The van der Waals surface area contributed by atoms with Gasteiger partial charge in [0.2, 0.25) is 0 Å². The molecule has 1 heterocycles. The predicted molar refractivity (Wildman–Crippen MR) is 106 cm³/mol. The van der Waals surface area contributed by atoms with Crippen molar-refractivity contribution in [2.75, 3.05) is 13.7 Å². The SMILES string of the molecule is CCc1cc2c(CN(CC)Cc3ccc(OC)c(F)c3)cc(=O)oc2cc1O. The molecule has 0 aliphatic carbocycles. The quantitative estimate of drug-likeness (QED) is 0.617. The van der Waals surface area contributed by atoms with Crippen molar-refractivity contribution in [3.8, 4) is 11.5 Å². The molecule has 3 rings (SSSR count).